The van der Waals surface area contributed by atoms with Crippen molar-refractivity contribution < 1.29 is 14.2 Å². The second-order valence-corrected chi connectivity index (χ2v) is 29.4. The van der Waals surface area contributed by atoms with Gasteiger partial charge in [0, 0.05) is 79.9 Å². The van der Waals surface area contributed by atoms with Crippen LogP contribution in [0.1, 0.15) is 199 Å². The summed E-state index contributed by atoms with van der Waals surface area (Å²) in [4.78, 5) is 0. The van der Waals surface area contributed by atoms with E-state index in [0.717, 1.165) is 123 Å². The van der Waals surface area contributed by atoms with E-state index in [1.54, 1.807) is 0 Å². The maximum absolute atomic E-state index is 5.40. The van der Waals surface area contributed by atoms with Crippen molar-refractivity contribution in [3.8, 4) is 0 Å². The fourth-order valence-electron chi connectivity index (χ4n) is 17.7. The zero-order chi connectivity index (χ0) is 53.6. The van der Waals surface area contributed by atoms with Crippen molar-refractivity contribution in [2.75, 3.05) is 118 Å². The third kappa shape index (κ3) is 21.4. The molecule has 18 rings (SSSR count). The fraction of sp³-hybridized carbons (Fsp3) is 1.00. The minimum absolute atomic E-state index is 0.678. The Labute approximate surface area is 483 Å². The largest absolute Gasteiger partial charge is 0.381 e. The summed E-state index contributed by atoms with van der Waals surface area (Å²) in [6.45, 7) is 20.9. The lowest BCUT2D eigenvalue weighted by atomic mass is 9.73. The molecule has 16 bridgehead atoms. The number of rotatable bonds is 0. The topological polar surface area (TPSA) is 148 Å². The molecule has 0 aromatic rings. The lowest BCUT2D eigenvalue weighted by molar-refractivity contribution is -0.130. The van der Waals surface area contributed by atoms with Crippen LogP contribution in [0.3, 0.4) is 0 Å². The summed E-state index contributed by atoms with van der Waals surface area (Å²) in [6, 6.07) is 6.56. The highest BCUT2D eigenvalue weighted by Gasteiger charge is 2.39. The first kappa shape index (κ1) is 61.6. The van der Waals surface area contributed by atoms with E-state index in [-0.39, 0.29) is 0 Å². The molecule has 0 aromatic carbocycles. The molecule has 3 aliphatic carbocycles. The Morgan fingerprint density at radius 1 is 0.228 bits per heavy atom. The molecule has 0 aromatic heterocycles. The molecule has 456 valence electrons. The van der Waals surface area contributed by atoms with Crippen molar-refractivity contribution in [1.82, 2.24) is 53.2 Å². The van der Waals surface area contributed by atoms with Crippen LogP contribution >= 0.6 is 0 Å². The number of morpholine rings is 1. The van der Waals surface area contributed by atoms with E-state index in [2.05, 4.69) is 53.2 Å². The number of ether oxygens (including phenoxy) is 3. The monoisotopic (exact) mass is 1100 g/mol. The van der Waals surface area contributed by atoms with E-state index in [9.17, 15) is 0 Å². The zero-order valence-electron chi connectivity index (χ0n) is 50.6. The lowest BCUT2D eigenvalue weighted by Crippen LogP contribution is -2.57. The van der Waals surface area contributed by atoms with E-state index in [4.69, 9.17) is 14.2 Å². The molecule has 12 unspecified atom stereocenters. The van der Waals surface area contributed by atoms with Gasteiger partial charge in [-0.1, -0.05) is 57.8 Å². The van der Waals surface area contributed by atoms with Crippen molar-refractivity contribution in [1.29, 1.82) is 0 Å². The van der Waals surface area contributed by atoms with Gasteiger partial charge < -0.3 is 67.4 Å². The van der Waals surface area contributed by atoms with Gasteiger partial charge in [-0.2, -0.15) is 0 Å². The van der Waals surface area contributed by atoms with Crippen LogP contribution in [-0.2, 0) is 14.2 Å². The van der Waals surface area contributed by atoms with E-state index in [1.165, 1.54) is 278 Å². The molecule has 10 N–H and O–H groups in total. The number of nitrogens with one attached hydrogen (secondary N) is 10. The van der Waals surface area contributed by atoms with Gasteiger partial charge in [0.2, 0.25) is 0 Å². The smallest absolute Gasteiger partial charge is 0.0620 e. The minimum atomic E-state index is 0.678. The molecule has 13 heteroatoms. The number of fused-ring (bicyclic) bond motifs is 16. The van der Waals surface area contributed by atoms with Gasteiger partial charge in [-0.05, 0) is 241 Å². The van der Waals surface area contributed by atoms with Crippen LogP contribution in [0.2, 0.25) is 0 Å². The molecular weight excluding hydrogens is 981 g/mol. The third-order valence-corrected chi connectivity index (χ3v) is 22.3. The quantitative estimate of drug-likeness (QED) is 0.114. The van der Waals surface area contributed by atoms with Gasteiger partial charge >= 0.3 is 0 Å². The van der Waals surface area contributed by atoms with E-state index >= 15 is 0 Å². The molecule has 15 aliphatic heterocycles. The van der Waals surface area contributed by atoms with Gasteiger partial charge in [0.15, 0.2) is 0 Å². The first-order valence-electron chi connectivity index (χ1n) is 35.0. The second-order valence-electron chi connectivity index (χ2n) is 29.4. The van der Waals surface area contributed by atoms with E-state index < -0.39 is 0 Å². The summed E-state index contributed by atoms with van der Waals surface area (Å²) in [5.74, 6) is 7.67. The van der Waals surface area contributed by atoms with Gasteiger partial charge in [-0.15, -0.1) is 0 Å². The Hall–Kier alpha value is -0.520. The molecule has 3 saturated carbocycles. The predicted octanol–water partition coefficient (Wildman–Crippen LogP) is 8.03. The van der Waals surface area contributed by atoms with Crippen LogP contribution in [-0.4, -0.2) is 167 Å². The summed E-state index contributed by atoms with van der Waals surface area (Å²) in [7, 11) is 0. The SMILES string of the molecule is C1CC2CCC(C1)N2.C1CC2CCCC(C1)N2.C1CC2CNCC(C1)C2.C1CC2CNCC(C1)N2.C1CC2CNCC1C2.C1CC2COCC(C1)N2.C1CCC2(CC1)COC2.C1NCC2CNCC1C2.C1NCC2COCC1C2. The van der Waals surface area contributed by atoms with Crippen LogP contribution in [0.5, 0.6) is 0 Å². The summed E-state index contributed by atoms with van der Waals surface area (Å²) < 4.78 is 16.0. The first-order valence-corrected chi connectivity index (χ1v) is 35.0. The Morgan fingerprint density at radius 3 is 0.911 bits per heavy atom. The molecule has 13 nitrogen and oxygen atoms in total. The average Bonchev–Trinajstić information content (AvgIpc) is 4.00. The fourth-order valence-corrected chi connectivity index (χ4v) is 17.7. The highest BCUT2D eigenvalue weighted by atomic mass is 16.5. The van der Waals surface area contributed by atoms with Gasteiger partial charge in [0.25, 0.3) is 0 Å². The van der Waals surface area contributed by atoms with Gasteiger partial charge in [0.05, 0.1) is 39.6 Å². The first-order chi connectivity index (χ1) is 39.0. The Kier molecular flexibility index (Phi) is 26.5. The van der Waals surface area contributed by atoms with Crippen molar-refractivity contribution in [2.45, 2.75) is 247 Å². The van der Waals surface area contributed by atoms with Gasteiger partial charge in [-0.25, -0.2) is 0 Å². The average molecular weight is 1110 g/mol. The second kappa shape index (κ2) is 34.0. The van der Waals surface area contributed by atoms with Crippen LogP contribution in [0, 0.1) is 52.8 Å². The Morgan fingerprint density at radius 2 is 0.544 bits per heavy atom. The van der Waals surface area contributed by atoms with E-state index in [1.807, 2.05) is 0 Å². The highest BCUT2D eigenvalue weighted by molar-refractivity contribution is 4.91. The molecule has 1 spiro atoms. The van der Waals surface area contributed by atoms with Crippen molar-refractivity contribution >= 4 is 0 Å². The van der Waals surface area contributed by atoms with Gasteiger partial charge in [-0.3, -0.25) is 0 Å². The molecule has 18 aliphatic rings. The number of hydrogen-bond acceptors (Lipinski definition) is 13. The minimum Gasteiger partial charge on any atom is -0.381 e. The standard InChI is InChI=1S/2C8H15N.C8H14O.2C7H14N2.2C7H13NO.2C7H13N/c1-3-7-5-2-6-8(4-1)9-7;1-2-7-4-8(3-1)6-9-5-7;1-2-4-8(5-3-1)6-9-7-8;1-6-2-8-4-7(1)5-9-3-6;1-2-6-4-8-5-7(3-1)9-6;1-6-2-8-3-7(1)5-9-4-6;1-2-6-4-9-5-7(3-1)8-6;1-2-7-3-6(1)4-8-5-7;1-2-6-4-5-7(3-1)8-6/h2*7-9H,1-6H2;1-7H2;2*6-9H,1-5H2;2*6-8H,1-5H2;2*6-8H,1-5H2. The molecule has 15 heterocycles. The molecule has 15 saturated heterocycles. The number of hydrogen-bond donors (Lipinski definition) is 10. The zero-order valence-corrected chi connectivity index (χ0v) is 50.6. The molecule has 12 atom stereocenters. The highest BCUT2D eigenvalue weighted by Crippen LogP contribution is 2.42. The number of piperazine rings is 1. The van der Waals surface area contributed by atoms with Crippen LogP contribution in [0.25, 0.3) is 0 Å². The maximum atomic E-state index is 5.40. The summed E-state index contributed by atoms with van der Waals surface area (Å²) in [5, 5.41) is 35.0. The summed E-state index contributed by atoms with van der Waals surface area (Å²) in [6.07, 6.45) is 44.8. The molecule has 18 fully saturated rings. The van der Waals surface area contributed by atoms with Crippen LogP contribution in [0.15, 0.2) is 0 Å². The lowest BCUT2D eigenvalue weighted by Gasteiger charge is -2.44. The predicted molar refractivity (Wildman–Crippen MR) is 326 cm³/mol. The van der Waals surface area contributed by atoms with Crippen molar-refractivity contribution in [3.63, 3.8) is 0 Å². The maximum Gasteiger partial charge on any atom is 0.0620 e. The van der Waals surface area contributed by atoms with Gasteiger partial charge in [0.1, 0.15) is 0 Å². The Bertz CT molecular complexity index is 1260. The molecular formula is C66H124N10O3. The normalized spacial score (nSPS) is 41.9. The molecule has 0 radical (unpaired) electrons. The van der Waals surface area contributed by atoms with E-state index in [0.29, 0.717) is 17.5 Å². The molecule has 0 amide bonds. The van der Waals surface area contributed by atoms with Crippen molar-refractivity contribution in [2.24, 2.45) is 52.8 Å². The Balaban J connectivity index is 0.000000100. The van der Waals surface area contributed by atoms with Crippen LogP contribution < -0.4 is 53.2 Å². The van der Waals surface area contributed by atoms with Crippen LogP contribution in [0.4, 0.5) is 0 Å². The number of piperidine rings is 10. The summed E-state index contributed by atoms with van der Waals surface area (Å²) in [5.41, 5.74) is 0.679. The third-order valence-electron chi connectivity index (χ3n) is 22.3. The van der Waals surface area contributed by atoms with Crippen molar-refractivity contribution in [3.05, 3.63) is 0 Å². The summed E-state index contributed by atoms with van der Waals surface area (Å²) >= 11 is 0. The molecule has 79 heavy (non-hydrogen) atoms.